The maximum Gasteiger partial charge on any atom is 0.239 e. The van der Waals surface area contributed by atoms with Crippen molar-refractivity contribution in [1.29, 1.82) is 0 Å². The fraction of sp³-hybridized carbons (Fsp3) is 0.200. The van der Waals surface area contributed by atoms with E-state index in [2.05, 4.69) is 15.3 Å². The summed E-state index contributed by atoms with van der Waals surface area (Å²) in [7, 11) is 0. The van der Waals surface area contributed by atoms with E-state index in [1.807, 2.05) is 30.3 Å². The van der Waals surface area contributed by atoms with Crippen LogP contribution in [0.5, 0.6) is 0 Å². The average Bonchev–Trinajstić information content (AvgIpc) is 3.22. The molecule has 26 heavy (non-hydrogen) atoms. The molecule has 0 atom stereocenters. The van der Waals surface area contributed by atoms with Crippen molar-refractivity contribution < 1.29 is 9.18 Å². The van der Waals surface area contributed by atoms with Gasteiger partial charge < -0.3 is 14.9 Å². The molecule has 0 saturated carbocycles. The first kappa shape index (κ1) is 16.3. The van der Waals surface area contributed by atoms with E-state index in [1.54, 1.807) is 16.8 Å². The molecular weight excluding hydrogens is 331 g/mol. The largest absolute Gasteiger partial charge is 0.355 e. The minimum atomic E-state index is -0.302. The molecule has 2 aromatic heterocycles. The highest BCUT2D eigenvalue weighted by molar-refractivity contribution is 5.83. The molecule has 0 aliphatic carbocycles. The third-order valence-corrected chi connectivity index (χ3v) is 4.40. The summed E-state index contributed by atoms with van der Waals surface area (Å²) in [6.07, 6.45) is 3.37. The number of H-pyrrole nitrogens is 1. The van der Waals surface area contributed by atoms with Crippen LogP contribution in [0.2, 0.25) is 0 Å². The Bertz CT molecular complexity index is 1030. The van der Waals surface area contributed by atoms with Gasteiger partial charge in [-0.2, -0.15) is 0 Å². The van der Waals surface area contributed by atoms with Gasteiger partial charge >= 0.3 is 0 Å². The molecule has 0 aliphatic rings. The Morgan fingerprint density at radius 1 is 1.19 bits per heavy atom. The summed E-state index contributed by atoms with van der Waals surface area (Å²) in [5, 5.41) is 3.83. The van der Waals surface area contributed by atoms with Crippen molar-refractivity contribution in [2.24, 2.45) is 0 Å². The van der Waals surface area contributed by atoms with Gasteiger partial charge in [0.15, 0.2) is 0 Å². The molecule has 5 nitrogen and oxygen atoms in total. The van der Waals surface area contributed by atoms with E-state index < -0.39 is 0 Å². The fourth-order valence-corrected chi connectivity index (χ4v) is 3.11. The average molecular weight is 350 g/mol. The van der Waals surface area contributed by atoms with Gasteiger partial charge in [0, 0.05) is 19.2 Å². The normalized spacial score (nSPS) is 11.3. The van der Waals surface area contributed by atoms with Gasteiger partial charge in [0.25, 0.3) is 0 Å². The molecule has 132 valence electrons. The van der Waals surface area contributed by atoms with Crippen LogP contribution >= 0.6 is 0 Å². The van der Waals surface area contributed by atoms with E-state index in [0.717, 1.165) is 40.6 Å². The molecule has 2 N–H and O–H groups in total. The number of aromatic nitrogens is 3. The first-order chi connectivity index (χ1) is 12.7. The lowest BCUT2D eigenvalue weighted by molar-refractivity contribution is -0.121. The molecule has 0 unspecified atom stereocenters. The molecule has 2 heterocycles. The minimum absolute atomic E-state index is 0.0867. The lowest BCUT2D eigenvalue weighted by Crippen LogP contribution is -2.28. The van der Waals surface area contributed by atoms with Crippen molar-refractivity contribution in [3.63, 3.8) is 0 Å². The highest BCUT2D eigenvalue weighted by Gasteiger charge is 2.07. The van der Waals surface area contributed by atoms with Gasteiger partial charge in [-0.25, -0.2) is 9.37 Å². The number of carbonyl (C=O) groups is 1. The van der Waals surface area contributed by atoms with Crippen molar-refractivity contribution in [1.82, 2.24) is 19.9 Å². The number of rotatable bonds is 6. The molecule has 0 saturated heterocycles. The van der Waals surface area contributed by atoms with Crippen molar-refractivity contribution in [2.45, 2.75) is 19.4 Å². The molecule has 4 aromatic rings. The Morgan fingerprint density at radius 2 is 2.08 bits per heavy atom. The van der Waals surface area contributed by atoms with Crippen molar-refractivity contribution in [2.75, 3.05) is 6.54 Å². The zero-order chi connectivity index (χ0) is 17.9. The molecule has 1 amide bonds. The van der Waals surface area contributed by atoms with E-state index >= 15 is 0 Å². The molecule has 4 rings (SSSR count). The summed E-state index contributed by atoms with van der Waals surface area (Å²) in [4.78, 5) is 19.9. The van der Waals surface area contributed by atoms with E-state index in [9.17, 15) is 9.18 Å². The number of nitrogens with one attached hydrogen (secondary N) is 2. The number of fused-ring (bicyclic) bond motifs is 2. The van der Waals surface area contributed by atoms with Gasteiger partial charge in [0.2, 0.25) is 5.91 Å². The molecule has 0 spiro atoms. The number of hydrogen-bond donors (Lipinski definition) is 2. The summed E-state index contributed by atoms with van der Waals surface area (Å²) < 4.78 is 15.2. The first-order valence-corrected chi connectivity index (χ1v) is 8.64. The number of halogens is 1. The van der Waals surface area contributed by atoms with E-state index in [-0.39, 0.29) is 18.3 Å². The number of carbonyl (C=O) groups excluding carboxylic acids is 1. The minimum Gasteiger partial charge on any atom is -0.355 e. The number of amides is 1. The van der Waals surface area contributed by atoms with Crippen molar-refractivity contribution in [3.05, 3.63) is 66.4 Å². The van der Waals surface area contributed by atoms with Crippen LogP contribution in [-0.2, 0) is 17.8 Å². The number of hydrogen-bond acceptors (Lipinski definition) is 2. The number of aryl methyl sites for hydroxylation is 1. The molecule has 0 radical (unpaired) electrons. The van der Waals surface area contributed by atoms with E-state index in [1.165, 1.54) is 12.1 Å². The number of para-hydroxylation sites is 2. The second-order valence-electron chi connectivity index (χ2n) is 6.30. The maximum atomic E-state index is 13.4. The smallest absolute Gasteiger partial charge is 0.239 e. The van der Waals surface area contributed by atoms with Crippen LogP contribution in [0.1, 0.15) is 12.2 Å². The zero-order valence-electron chi connectivity index (χ0n) is 14.2. The van der Waals surface area contributed by atoms with Crippen LogP contribution in [0.25, 0.3) is 21.9 Å². The van der Waals surface area contributed by atoms with Gasteiger partial charge in [-0.15, -0.1) is 0 Å². The zero-order valence-corrected chi connectivity index (χ0v) is 14.2. The summed E-state index contributed by atoms with van der Waals surface area (Å²) in [5.74, 6) is 0.535. The van der Waals surface area contributed by atoms with Crippen molar-refractivity contribution in [3.8, 4) is 0 Å². The highest BCUT2D eigenvalue weighted by atomic mass is 19.1. The number of nitrogens with zero attached hydrogens (tertiary/aromatic N) is 2. The molecule has 0 aliphatic heterocycles. The van der Waals surface area contributed by atoms with Gasteiger partial charge in [0.1, 0.15) is 18.2 Å². The summed E-state index contributed by atoms with van der Waals surface area (Å²) in [6, 6.07) is 14.4. The summed E-state index contributed by atoms with van der Waals surface area (Å²) in [6.45, 7) is 0.751. The SMILES string of the molecule is O=C(Cn1ccc2ccc(F)cc21)NCCCc1nc2ccccc2[nH]1. The van der Waals surface area contributed by atoms with E-state index in [0.29, 0.717) is 6.54 Å². The van der Waals surface area contributed by atoms with Crippen LogP contribution in [0.3, 0.4) is 0 Å². The van der Waals surface area contributed by atoms with Gasteiger partial charge in [0.05, 0.1) is 16.6 Å². The van der Waals surface area contributed by atoms with Crippen LogP contribution in [0.15, 0.2) is 54.7 Å². The first-order valence-electron chi connectivity index (χ1n) is 8.64. The van der Waals surface area contributed by atoms with Crippen LogP contribution in [0, 0.1) is 5.82 Å². The summed E-state index contributed by atoms with van der Waals surface area (Å²) >= 11 is 0. The number of imidazole rings is 1. The highest BCUT2D eigenvalue weighted by Crippen LogP contribution is 2.17. The molecular formula is C20H19FN4O. The Morgan fingerprint density at radius 3 is 2.96 bits per heavy atom. The number of aromatic amines is 1. The van der Waals surface area contributed by atoms with Crippen LogP contribution < -0.4 is 5.32 Å². The number of benzene rings is 2. The lowest BCUT2D eigenvalue weighted by atomic mass is 10.2. The molecule has 6 heteroatoms. The second kappa shape index (κ2) is 7.00. The lowest BCUT2D eigenvalue weighted by Gasteiger charge is -2.07. The van der Waals surface area contributed by atoms with Crippen LogP contribution in [0.4, 0.5) is 4.39 Å². The molecule has 2 aromatic carbocycles. The second-order valence-corrected chi connectivity index (χ2v) is 6.30. The summed E-state index contributed by atoms with van der Waals surface area (Å²) in [5.41, 5.74) is 2.71. The van der Waals surface area contributed by atoms with Gasteiger partial charge in [-0.05, 0) is 48.2 Å². The quantitative estimate of drug-likeness (QED) is 0.524. The third kappa shape index (κ3) is 3.44. The Balaban J connectivity index is 1.29. The Kier molecular flexibility index (Phi) is 4.39. The van der Waals surface area contributed by atoms with E-state index in [4.69, 9.17) is 0 Å². The predicted molar refractivity (Wildman–Crippen MR) is 99.3 cm³/mol. The Hall–Kier alpha value is -3.15. The van der Waals surface area contributed by atoms with Crippen molar-refractivity contribution >= 4 is 27.8 Å². The Labute approximate surface area is 149 Å². The predicted octanol–water partition coefficient (Wildman–Crippen LogP) is 3.41. The maximum absolute atomic E-state index is 13.4. The molecule has 0 bridgehead atoms. The topological polar surface area (TPSA) is 62.7 Å². The standard InChI is InChI=1S/C20H19FN4O/c21-15-8-7-14-9-11-25(18(14)12-15)13-20(26)22-10-3-6-19-23-16-4-1-2-5-17(16)24-19/h1-2,4-5,7-9,11-12H,3,6,10,13H2,(H,22,26)(H,23,24). The monoisotopic (exact) mass is 350 g/mol. The molecule has 0 fully saturated rings. The third-order valence-electron chi connectivity index (χ3n) is 4.40. The van der Waals surface area contributed by atoms with Gasteiger partial charge in [-0.1, -0.05) is 12.1 Å². The van der Waals surface area contributed by atoms with Gasteiger partial charge in [-0.3, -0.25) is 4.79 Å². The van der Waals surface area contributed by atoms with Crippen LogP contribution in [-0.4, -0.2) is 27.0 Å². The fourth-order valence-electron chi connectivity index (χ4n) is 3.11.